The molecular formula is C24H17BrClFN2O3S. The molecule has 1 heterocycles. The molecule has 168 valence electrons. The molecule has 1 saturated heterocycles. The van der Waals surface area contributed by atoms with Gasteiger partial charge in [0.25, 0.3) is 5.91 Å². The Balaban J connectivity index is 1.47. The summed E-state index contributed by atoms with van der Waals surface area (Å²) in [6.07, 6.45) is 1.77. The number of benzene rings is 3. The van der Waals surface area contributed by atoms with Gasteiger partial charge in [-0.25, -0.2) is 9.38 Å². The molecule has 0 spiro atoms. The van der Waals surface area contributed by atoms with Crippen molar-refractivity contribution in [3.8, 4) is 11.5 Å². The third-order valence-electron chi connectivity index (χ3n) is 4.58. The highest BCUT2D eigenvalue weighted by molar-refractivity contribution is 9.10. The van der Waals surface area contributed by atoms with Crippen LogP contribution >= 0.6 is 39.3 Å². The summed E-state index contributed by atoms with van der Waals surface area (Å²) in [6.45, 7) is 0.310. The first-order valence-corrected chi connectivity index (χ1v) is 11.7. The van der Waals surface area contributed by atoms with Gasteiger partial charge in [-0.15, -0.1) is 0 Å². The van der Waals surface area contributed by atoms with Gasteiger partial charge in [-0.1, -0.05) is 29.8 Å². The normalized spacial score (nSPS) is 15.7. The van der Waals surface area contributed by atoms with Gasteiger partial charge in [0.05, 0.1) is 16.5 Å². The zero-order valence-corrected chi connectivity index (χ0v) is 20.4. The Morgan fingerprint density at radius 3 is 2.61 bits per heavy atom. The zero-order valence-electron chi connectivity index (χ0n) is 17.3. The van der Waals surface area contributed by atoms with Crippen LogP contribution in [0.1, 0.15) is 11.1 Å². The van der Waals surface area contributed by atoms with Gasteiger partial charge in [0.15, 0.2) is 5.17 Å². The lowest BCUT2D eigenvalue weighted by atomic mass is 10.2. The molecule has 1 amide bonds. The third kappa shape index (κ3) is 5.96. The lowest BCUT2D eigenvalue weighted by Crippen LogP contribution is -2.19. The Bertz CT molecular complexity index is 1270. The second-order valence-electron chi connectivity index (χ2n) is 6.90. The number of thioether (sulfide) groups is 1. The Labute approximate surface area is 207 Å². The van der Waals surface area contributed by atoms with Gasteiger partial charge in [0.1, 0.15) is 29.6 Å². The number of aliphatic imine (C=N–C) groups is 1. The van der Waals surface area contributed by atoms with E-state index in [0.29, 0.717) is 38.9 Å². The maximum Gasteiger partial charge on any atom is 0.264 e. The molecule has 1 aliphatic heterocycles. The lowest BCUT2D eigenvalue weighted by Gasteiger charge is -2.09. The highest BCUT2D eigenvalue weighted by Gasteiger charge is 2.24. The summed E-state index contributed by atoms with van der Waals surface area (Å²) in [6, 6.07) is 16.8. The number of methoxy groups -OCH3 is 1. The van der Waals surface area contributed by atoms with Crippen LogP contribution in [0.2, 0.25) is 5.02 Å². The molecule has 0 aromatic heterocycles. The summed E-state index contributed by atoms with van der Waals surface area (Å²) in [7, 11) is 1.55. The predicted octanol–water partition coefficient (Wildman–Crippen LogP) is 6.72. The van der Waals surface area contributed by atoms with Crippen LogP contribution in [0.4, 0.5) is 10.1 Å². The van der Waals surface area contributed by atoms with Crippen molar-refractivity contribution in [1.82, 2.24) is 5.32 Å². The van der Waals surface area contributed by atoms with Crippen LogP contribution < -0.4 is 14.8 Å². The Morgan fingerprint density at radius 2 is 1.88 bits per heavy atom. The fraction of sp³-hybridized carbons (Fsp3) is 0.0833. The van der Waals surface area contributed by atoms with E-state index < -0.39 is 0 Å². The molecule has 1 fully saturated rings. The second-order valence-corrected chi connectivity index (χ2v) is 9.22. The molecule has 1 aliphatic rings. The van der Waals surface area contributed by atoms with Gasteiger partial charge in [0.2, 0.25) is 0 Å². The monoisotopic (exact) mass is 546 g/mol. The van der Waals surface area contributed by atoms with Gasteiger partial charge >= 0.3 is 0 Å². The standard InChI is InChI=1S/C24H17BrClFN2O3S/c1-31-21-9-5-16(26)12-19(21)28-24-29-23(30)22(33-24)11-15-4-8-20(18(25)10-15)32-13-14-2-6-17(27)7-3-14/h2-12H,13H2,1H3,(H,28,29,30)/b22-11-. The van der Waals surface area contributed by atoms with E-state index >= 15 is 0 Å². The molecule has 0 radical (unpaired) electrons. The highest BCUT2D eigenvalue weighted by Crippen LogP contribution is 2.35. The minimum absolute atomic E-state index is 0.243. The molecule has 0 saturated carbocycles. The molecular weight excluding hydrogens is 531 g/mol. The van der Waals surface area contributed by atoms with E-state index in [1.807, 2.05) is 18.2 Å². The van der Waals surface area contributed by atoms with Gasteiger partial charge in [-0.2, -0.15) is 0 Å². The van der Waals surface area contributed by atoms with Crippen LogP contribution in [0.15, 0.2) is 75.0 Å². The van der Waals surface area contributed by atoms with Crippen molar-refractivity contribution in [3.63, 3.8) is 0 Å². The Kier molecular flexibility index (Phi) is 7.37. The largest absolute Gasteiger partial charge is 0.494 e. The highest BCUT2D eigenvalue weighted by atomic mass is 79.9. The van der Waals surface area contributed by atoms with Crippen molar-refractivity contribution >= 4 is 62.1 Å². The van der Waals surface area contributed by atoms with Gasteiger partial charge in [0, 0.05) is 5.02 Å². The van der Waals surface area contributed by atoms with Crippen molar-refractivity contribution in [2.75, 3.05) is 7.11 Å². The number of amides is 1. The number of rotatable bonds is 6. The second kappa shape index (κ2) is 10.4. The van der Waals surface area contributed by atoms with E-state index in [1.165, 1.54) is 23.9 Å². The van der Waals surface area contributed by atoms with Crippen LogP contribution in [0.5, 0.6) is 11.5 Å². The van der Waals surface area contributed by atoms with E-state index in [0.717, 1.165) is 15.6 Å². The maximum absolute atomic E-state index is 13.0. The van der Waals surface area contributed by atoms with Crippen LogP contribution in [0.25, 0.3) is 6.08 Å². The third-order valence-corrected chi connectivity index (χ3v) is 6.34. The molecule has 3 aromatic carbocycles. The van der Waals surface area contributed by atoms with Crippen LogP contribution in [0.3, 0.4) is 0 Å². The summed E-state index contributed by atoms with van der Waals surface area (Å²) in [5.74, 6) is 0.665. The molecule has 33 heavy (non-hydrogen) atoms. The van der Waals surface area contributed by atoms with Crippen molar-refractivity contribution in [1.29, 1.82) is 0 Å². The van der Waals surface area contributed by atoms with Crippen molar-refractivity contribution in [2.45, 2.75) is 6.61 Å². The molecule has 0 atom stereocenters. The van der Waals surface area contributed by atoms with Crippen molar-refractivity contribution in [2.24, 2.45) is 4.99 Å². The molecule has 4 rings (SSSR count). The first kappa shape index (κ1) is 23.4. The van der Waals surface area contributed by atoms with Crippen molar-refractivity contribution < 1.29 is 18.7 Å². The van der Waals surface area contributed by atoms with E-state index in [1.54, 1.807) is 43.5 Å². The van der Waals surface area contributed by atoms with Crippen LogP contribution in [0, 0.1) is 5.82 Å². The fourth-order valence-electron chi connectivity index (χ4n) is 2.96. The number of hydrogen-bond donors (Lipinski definition) is 1. The number of halogens is 3. The lowest BCUT2D eigenvalue weighted by molar-refractivity contribution is -0.115. The van der Waals surface area contributed by atoms with E-state index in [4.69, 9.17) is 21.1 Å². The first-order chi connectivity index (χ1) is 15.9. The summed E-state index contributed by atoms with van der Waals surface area (Å²) in [5.41, 5.74) is 2.20. The molecule has 1 N–H and O–H groups in total. The molecule has 5 nitrogen and oxygen atoms in total. The molecule has 0 bridgehead atoms. The number of amidine groups is 1. The van der Waals surface area contributed by atoms with E-state index in [-0.39, 0.29) is 11.7 Å². The smallest absolute Gasteiger partial charge is 0.264 e. The minimum atomic E-state index is -0.286. The average Bonchev–Trinajstić information content (AvgIpc) is 3.13. The summed E-state index contributed by atoms with van der Waals surface area (Å²) in [4.78, 5) is 17.4. The van der Waals surface area contributed by atoms with Gasteiger partial charge in [-0.3, -0.25) is 4.79 Å². The molecule has 0 unspecified atom stereocenters. The summed E-state index contributed by atoms with van der Waals surface area (Å²) in [5, 5.41) is 3.71. The number of ether oxygens (including phenoxy) is 2. The van der Waals surface area contributed by atoms with Crippen molar-refractivity contribution in [3.05, 3.63) is 92.0 Å². The number of hydrogen-bond acceptors (Lipinski definition) is 5. The van der Waals surface area contributed by atoms with Crippen LogP contribution in [-0.4, -0.2) is 18.2 Å². The van der Waals surface area contributed by atoms with E-state index in [2.05, 4.69) is 26.2 Å². The minimum Gasteiger partial charge on any atom is -0.494 e. The van der Waals surface area contributed by atoms with Gasteiger partial charge in [-0.05, 0) is 87.4 Å². The number of carbonyl (C=O) groups is 1. The summed E-state index contributed by atoms with van der Waals surface area (Å²) < 4.78 is 24.9. The number of nitrogens with zero attached hydrogens (tertiary/aromatic N) is 1. The summed E-state index contributed by atoms with van der Waals surface area (Å²) >= 11 is 10.8. The van der Waals surface area contributed by atoms with Gasteiger partial charge < -0.3 is 14.8 Å². The number of carbonyl (C=O) groups excluding carboxylic acids is 1. The fourth-order valence-corrected chi connectivity index (χ4v) is 4.47. The number of nitrogens with one attached hydrogen (secondary N) is 1. The topological polar surface area (TPSA) is 59.9 Å². The Morgan fingerprint density at radius 1 is 1.12 bits per heavy atom. The van der Waals surface area contributed by atoms with Crippen LogP contribution in [-0.2, 0) is 11.4 Å². The first-order valence-electron chi connectivity index (χ1n) is 9.71. The SMILES string of the molecule is COc1ccc(Cl)cc1N=C1NC(=O)/C(=C/c2ccc(OCc3ccc(F)cc3)c(Br)c2)S1. The molecule has 0 aliphatic carbocycles. The zero-order chi connectivity index (χ0) is 23.4. The quantitative estimate of drug-likeness (QED) is 0.348. The predicted molar refractivity (Wildman–Crippen MR) is 134 cm³/mol. The molecule has 3 aromatic rings. The maximum atomic E-state index is 13.0. The molecule has 9 heteroatoms. The van der Waals surface area contributed by atoms with E-state index in [9.17, 15) is 9.18 Å². The Hall–Kier alpha value is -2.81. The average molecular weight is 548 g/mol.